The molecule has 5 nitrogen and oxygen atoms in total. The van der Waals surface area contributed by atoms with Crippen molar-refractivity contribution in [2.24, 2.45) is 5.41 Å². The lowest BCUT2D eigenvalue weighted by molar-refractivity contribution is 0.369. The van der Waals surface area contributed by atoms with Gasteiger partial charge in [0.2, 0.25) is 0 Å². The molecule has 1 atom stereocenters. The molecule has 100 valence electrons. The third-order valence-corrected chi connectivity index (χ3v) is 4.63. The largest absolute Gasteiger partial charge is 0.354 e. The average molecular weight is 257 g/mol. The molecule has 0 radical (unpaired) electrons. The maximum atomic E-state index is 4.51. The van der Waals surface area contributed by atoms with E-state index in [2.05, 4.69) is 31.5 Å². The van der Waals surface area contributed by atoms with Crippen LogP contribution in [-0.2, 0) is 0 Å². The Morgan fingerprint density at radius 2 is 2.32 bits per heavy atom. The number of nitrogens with one attached hydrogen (secondary N) is 2. The maximum Gasteiger partial charge on any atom is 0.159 e. The normalized spacial score (nSPS) is 26.9. The van der Waals surface area contributed by atoms with E-state index >= 15 is 0 Å². The highest BCUT2D eigenvalue weighted by Gasteiger charge is 2.41. The van der Waals surface area contributed by atoms with Crippen molar-refractivity contribution in [1.29, 1.82) is 0 Å². The van der Waals surface area contributed by atoms with Crippen LogP contribution in [-0.4, -0.2) is 41.4 Å². The third kappa shape index (κ3) is 1.72. The first-order valence-corrected chi connectivity index (χ1v) is 7.02. The molecule has 5 heteroatoms. The Labute approximate surface area is 112 Å². The molecule has 4 heterocycles. The number of hydrogen-bond acceptors (Lipinski definition) is 4. The number of fused-ring (bicyclic) bond motifs is 1. The van der Waals surface area contributed by atoms with Gasteiger partial charge in [-0.25, -0.2) is 0 Å². The monoisotopic (exact) mass is 257 g/mol. The third-order valence-electron chi connectivity index (χ3n) is 4.63. The van der Waals surface area contributed by atoms with Crippen molar-refractivity contribution < 1.29 is 0 Å². The lowest BCUT2D eigenvalue weighted by Crippen LogP contribution is -2.29. The number of aromatic nitrogens is 3. The maximum absolute atomic E-state index is 4.51. The highest BCUT2D eigenvalue weighted by atomic mass is 15.3. The first kappa shape index (κ1) is 11.2. The van der Waals surface area contributed by atoms with E-state index in [1.165, 1.54) is 12.8 Å². The van der Waals surface area contributed by atoms with E-state index in [1.54, 1.807) is 0 Å². The molecule has 0 saturated carbocycles. The lowest BCUT2D eigenvalue weighted by Gasteiger charge is -2.22. The van der Waals surface area contributed by atoms with E-state index in [0.29, 0.717) is 5.41 Å². The van der Waals surface area contributed by atoms with Gasteiger partial charge in [-0.1, -0.05) is 0 Å². The smallest absolute Gasteiger partial charge is 0.159 e. The molecular weight excluding hydrogens is 238 g/mol. The number of rotatable bonds is 1. The minimum Gasteiger partial charge on any atom is -0.354 e. The van der Waals surface area contributed by atoms with Crippen LogP contribution in [0.3, 0.4) is 0 Å². The summed E-state index contributed by atoms with van der Waals surface area (Å²) in [6.07, 6.45) is 4.51. The summed E-state index contributed by atoms with van der Waals surface area (Å²) in [4.78, 5) is 6.82. The Morgan fingerprint density at radius 1 is 1.37 bits per heavy atom. The Bertz CT molecular complexity index is 611. The predicted octanol–water partition coefficient (Wildman–Crippen LogP) is 1.46. The van der Waals surface area contributed by atoms with Crippen molar-refractivity contribution >= 4 is 16.7 Å². The second-order valence-corrected chi connectivity index (χ2v) is 6.02. The summed E-state index contributed by atoms with van der Waals surface area (Å²) in [5.74, 6) is 1.08. The zero-order chi connectivity index (χ0) is 12.9. The number of anilines is 1. The molecule has 4 rings (SSSR count). The van der Waals surface area contributed by atoms with Crippen molar-refractivity contribution in [2.75, 3.05) is 31.1 Å². The fourth-order valence-electron chi connectivity index (χ4n) is 3.50. The Balaban J connectivity index is 1.68. The van der Waals surface area contributed by atoms with Gasteiger partial charge in [-0.3, -0.25) is 10.1 Å². The van der Waals surface area contributed by atoms with Gasteiger partial charge >= 0.3 is 0 Å². The topological polar surface area (TPSA) is 56.8 Å². The van der Waals surface area contributed by atoms with Crippen molar-refractivity contribution in [3.63, 3.8) is 0 Å². The number of H-pyrrole nitrogens is 1. The van der Waals surface area contributed by atoms with E-state index in [4.69, 9.17) is 0 Å². The molecule has 1 spiro atoms. The first-order chi connectivity index (χ1) is 9.26. The second-order valence-electron chi connectivity index (χ2n) is 6.02. The Morgan fingerprint density at radius 3 is 3.16 bits per heavy atom. The fraction of sp³-hybridized carbons (Fsp3) is 0.571. The molecule has 2 aliphatic rings. The molecule has 0 aliphatic carbocycles. The predicted molar refractivity (Wildman–Crippen MR) is 75.4 cm³/mol. The molecule has 19 heavy (non-hydrogen) atoms. The number of nitrogens with zero attached hydrogens (tertiary/aromatic N) is 3. The Kier molecular flexibility index (Phi) is 2.33. The molecule has 0 bridgehead atoms. The SMILES string of the molecule is Cc1cc2[nH]nc(N3CCC4(CCNC4)C3)c2cn1. The lowest BCUT2D eigenvalue weighted by atomic mass is 9.87. The zero-order valence-corrected chi connectivity index (χ0v) is 11.2. The van der Waals surface area contributed by atoms with Gasteiger partial charge in [-0.15, -0.1) is 0 Å². The van der Waals surface area contributed by atoms with Gasteiger partial charge in [0.1, 0.15) is 0 Å². The van der Waals surface area contributed by atoms with Crippen LogP contribution in [0.25, 0.3) is 10.9 Å². The van der Waals surface area contributed by atoms with Crippen LogP contribution < -0.4 is 10.2 Å². The van der Waals surface area contributed by atoms with Crippen molar-refractivity contribution in [1.82, 2.24) is 20.5 Å². The van der Waals surface area contributed by atoms with Crippen molar-refractivity contribution in [3.8, 4) is 0 Å². The molecule has 0 amide bonds. The minimum atomic E-state index is 0.476. The van der Waals surface area contributed by atoms with E-state index in [-0.39, 0.29) is 0 Å². The summed E-state index contributed by atoms with van der Waals surface area (Å²) < 4.78 is 0. The molecule has 2 aromatic rings. The van der Waals surface area contributed by atoms with E-state index in [1.807, 2.05) is 13.1 Å². The number of hydrogen-bond donors (Lipinski definition) is 2. The summed E-state index contributed by atoms with van der Waals surface area (Å²) in [5, 5.41) is 12.3. The minimum absolute atomic E-state index is 0.476. The summed E-state index contributed by atoms with van der Waals surface area (Å²) in [5.41, 5.74) is 2.59. The van der Waals surface area contributed by atoms with Crippen molar-refractivity contribution in [3.05, 3.63) is 18.0 Å². The molecule has 1 unspecified atom stereocenters. The molecule has 2 fully saturated rings. The molecule has 0 aromatic carbocycles. The Hall–Kier alpha value is -1.62. The van der Waals surface area contributed by atoms with Crippen LogP contribution in [0.4, 0.5) is 5.82 Å². The standard InChI is InChI=1S/C14H19N5/c1-10-6-12-11(7-16-10)13(18-17-12)19-5-3-14(9-19)2-4-15-8-14/h6-7,15H,2-5,8-9H2,1H3,(H,17,18). The molecule has 2 aliphatic heterocycles. The number of pyridine rings is 1. The molecule has 2 aromatic heterocycles. The first-order valence-electron chi connectivity index (χ1n) is 7.02. The van der Waals surface area contributed by atoms with Gasteiger partial charge in [0.15, 0.2) is 5.82 Å². The van der Waals surface area contributed by atoms with Crippen LogP contribution in [0.1, 0.15) is 18.5 Å². The zero-order valence-electron chi connectivity index (χ0n) is 11.2. The van der Waals surface area contributed by atoms with Gasteiger partial charge in [0, 0.05) is 36.9 Å². The highest BCUT2D eigenvalue weighted by molar-refractivity contribution is 5.89. The second kappa shape index (κ2) is 3.93. The van der Waals surface area contributed by atoms with Crippen molar-refractivity contribution in [2.45, 2.75) is 19.8 Å². The molecular formula is C14H19N5. The summed E-state index contributed by atoms with van der Waals surface area (Å²) in [7, 11) is 0. The number of aryl methyl sites for hydroxylation is 1. The highest BCUT2D eigenvalue weighted by Crippen LogP contribution is 2.39. The van der Waals surface area contributed by atoms with Gasteiger partial charge in [-0.2, -0.15) is 5.10 Å². The summed E-state index contributed by atoms with van der Waals surface area (Å²) in [6, 6.07) is 2.06. The quantitative estimate of drug-likeness (QED) is 0.812. The summed E-state index contributed by atoms with van der Waals surface area (Å²) >= 11 is 0. The van der Waals surface area contributed by atoms with E-state index in [9.17, 15) is 0 Å². The number of aromatic amines is 1. The molecule has 2 N–H and O–H groups in total. The van der Waals surface area contributed by atoms with Gasteiger partial charge in [0.05, 0.1) is 10.9 Å². The summed E-state index contributed by atoms with van der Waals surface area (Å²) in [6.45, 7) is 6.55. The molecule has 2 saturated heterocycles. The average Bonchev–Trinajstić information content (AvgIpc) is 3.10. The van der Waals surface area contributed by atoms with E-state index in [0.717, 1.165) is 48.6 Å². The van der Waals surface area contributed by atoms with E-state index < -0.39 is 0 Å². The van der Waals surface area contributed by atoms with Crippen LogP contribution in [0.2, 0.25) is 0 Å². The van der Waals surface area contributed by atoms with Crippen LogP contribution in [0, 0.1) is 12.3 Å². The van der Waals surface area contributed by atoms with Crippen LogP contribution in [0.15, 0.2) is 12.3 Å². The fourth-order valence-corrected chi connectivity index (χ4v) is 3.50. The van der Waals surface area contributed by atoms with Gasteiger partial charge < -0.3 is 10.2 Å². The van der Waals surface area contributed by atoms with Gasteiger partial charge in [-0.05, 0) is 32.4 Å². The van der Waals surface area contributed by atoms with Crippen LogP contribution in [0.5, 0.6) is 0 Å². The van der Waals surface area contributed by atoms with Crippen LogP contribution >= 0.6 is 0 Å². The van der Waals surface area contributed by atoms with Gasteiger partial charge in [0.25, 0.3) is 0 Å².